The molecule has 5 nitrogen and oxygen atoms in total. The summed E-state index contributed by atoms with van der Waals surface area (Å²) in [6.07, 6.45) is 9.84. The zero-order valence-corrected chi connectivity index (χ0v) is 17.3. The predicted molar refractivity (Wildman–Crippen MR) is 119 cm³/mol. The van der Waals surface area contributed by atoms with Crippen molar-refractivity contribution in [1.29, 1.82) is 10.7 Å². The molecule has 0 atom stereocenters. The van der Waals surface area contributed by atoms with E-state index in [9.17, 15) is 9.18 Å². The van der Waals surface area contributed by atoms with Gasteiger partial charge in [-0.3, -0.25) is 0 Å². The Morgan fingerprint density at radius 2 is 1.94 bits per heavy atom. The molecular formula is C25H25FN4O. The third kappa shape index (κ3) is 4.22. The van der Waals surface area contributed by atoms with E-state index in [1.54, 1.807) is 30.3 Å². The molecule has 6 heteroatoms. The highest BCUT2D eigenvalue weighted by Gasteiger charge is 2.47. The fourth-order valence-electron chi connectivity index (χ4n) is 4.88. The molecule has 31 heavy (non-hydrogen) atoms. The average Bonchev–Trinajstić information content (AvgIpc) is 2.76. The van der Waals surface area contributed by atoms with Crippen LogP contribution in [0.15, 0.2) is 72.1 Å². The number of piperidine rings is 1. The van der Waals surface area contributed by atoms with Gasteiger partial charge in [-0.1, -0.05) is 12.7 Å². The lowest BCUT2D eigenvalue weighted by Crippen LogP contribution is -2.50. The van der Waals surface area contributed by atoms with E-state index in [4.69, 9.17) is 10.7 Å². The van der Waals surface area contributed by atoms with Gasteiger partial charge in [-0.05, 0) is 85.1 Å². The number of anilines is 1. The van der Waals surface area contributed by atoms with Crippen LogP contribution in [0.3, 0.4) is 0 Å². The van der Waals surface area contributed by atoms with Crippen molar-refractivity contribution in [3.8, 4) is 6.07 Å². The third-order valence-corrected chi connectivity index (χ3v) is 6.69. The second-order valence-corrected chi connectivity index (χ2v) is 8.56. The minimum atomic E-state index is -0.332. The number of benzene rings is 1. The van der Waals surface area contributed by atoms with Crippen molar-refractivity contribution in [3.05, 3.63) is 77.7 Å². The Morgan fingerprint density at radius 3 is 2.55 bits per heavy atom. The van der Waals surface area contributed by atoms with Crippen LogP contribution in [0.25, 0.3) is 0 Å². The first-order chi connectivity index (χ1) is 14.9. The van der Waals surface area contributed by atoms with E-state index in [0.717, 1.165) is 31.3 Å². The Kier molecular flexibility index (Phi) is 5.60. The Balaban J connectivity index is 1.34. The molecule has 1 aromatic carbocycles. The number of nitriles is 1. The first-order valence-corrected chi connectivity index (χ1v) is 10.5. The number of hydrogen-bond donors (Lipinski definition) is 2. The maximum absolute atomic E-state index is 13.7. The van der Waals surface area contributed by atoms with Crippen molar-refractivity contribution < 1.29 is 9.18 Å². The number of urea groups is 1. The van der Waals surface area contributed by atoms with Gasteiger partial charge in [0.1, 0.15) is 5.83 Å². The summed E-state index contributed by atoms with van der Waals surface area (Å²) in [4.78, 5) is 14.4. The summed E-state index contributed by atoms with van der Waals surface area (Å²) >= 11 is 0. The second-order valence-electron chi connectivity index (χ2n) is 8.56. The minimum absolute atomic E-state index is 0.118. The van der Waals surface area contributed by atoms with Crippen molar-refractivity contribution >= 4 is 17.4 Å². The van der Waals surface area contributed by atoms with E-state index < -0.39 is 0 Å². The van der Waals surface area contributed by atoms with Crippen LogP contribution < -0.4 is 5.32 Å². The van der Waals surface area contributed by atoms with Gasteiger partial charge >= 0.3 is 6.03 Å². The molecule has 0 bridgehead atoms. The number of amides is 2. The average molecular weight is 417 g/mol. The molecule has 2 aliphatic carbocycles. The number of hydrogen-bond acceptors (Lipinski definition) is 3. The van der Waals surface area contributed by atoms with Gasteiger partial charge in [-0.15, -0.1) is 0 Å². The standard InChI is InChI=1S/C25H25FN4O/c1-2-21(22-13-19(26)5-8-23(22)28)18-14-25(15-18)9-11-30(12-10-25)24(31)29-20-6-3-17(16-27)4-7-20/h2-8,13,18,28H,1,9-12,14-15H2,(H,29,31)/b22-21+,28-23?. The summed E-state index contributed by atoms with van der Waals surface area (Å²) in [6.45, 7) is 5.30. The Hall–Kier alpha value is -3.46. The van der Waals surface area contributed by atoms with Crippen LogP contribution in [0.2, 0.25) is 0 Å². The van der Waals surface area contributed by atoms with Crippen molar-refractivity contribution in [2.75, 3.05) is 18.4 Å². The fourth-order valence-corrected chi connectivity index (χ4v) is 4.88. The van der Waals surface area contributed by atoms with E-state index in [1.165, 1.54) is 18.2 Å². The molecule has 1 aliphatic heterocycles. The number of nitrogens with one attached hydrogen (secondary N) is 2. The highest BCUT2D eigenvalue weighted by molar-refractivity contribution is 6.10. The molecule has 0 radical (unpaired) electrons. The maximum atomic E-state index is 13.7. The maximum Gasteiger partial charge on any atom is 0.321 e. The van der Waals surface area contributed by atoms with E-state index in [1.807, 2.05) is 4.90 Å². The van der Waals surface area contributed by atoms with Crippen LogP contribution in [0.5, 0.6) is 0 Å². The summed E-state index contributed by atoms with van der Waals surface area (Å²) < 4.78 is 13.7. The van der Waals surface area contributed by atoms with Crippen LogP contribution in [0.4, 0.5) is 14.9 Å². The lowest BCUT2D eigenvalue weighted by Gasteiger charge is -2.53. The SMILES string of the molecule is C=C/C(=C1/C=C(F)C=CC1=N)C1CC2(CCN(C(=O)Nc3ccc(C#N)cc3)CC2)C1. The second kappa shape index (κ2) is 8.35. The summed E-state index contributed by atoms with van der Waals surface area (Å²) in [5, 5.41) is 19.9. The largest absolute Gasteiger partial charge is 0.324 e. The van der Waals surface area contributed by atoms with Crippen molar-refractivity contribution in [2.45, 2.75) is 25.7 Å². The van der Waals surface area contributed by atoms with Crippen LogP contribution >= 0.6 is 0 Å². The molecule has 1 saturated carbocycles. The van der Waals surface area contributed by atoms with Gasteiger partial charge in [-0.2, -0.15) is 5.26 Å². The van der Waals surface area contributed by atoms with Gasteiger partial charge in [0, 0.05) is 24.4 Å². The molecule has 1 saturated heterocycles. The molecule has 1 aromatic rings. The van der Waals surface area contributed by atoms with Gasteiger partial charge in [-0.25, -0.2) is 9.18 Å². The van der Waals surface area contributed by atoms with Gasteiger partial charge in [0.05, 0.1) is 17.3 Å². The number of nitrogens with zero attached hydrogens (tertiary/aromatic N) is 2. The molecule has 2 fully saturated rings. The summed E-state index contributed by atoms with van der Waals surface area (Å²) in [7, 11) is 0. The first-order valence-electron chi connectivity index (χ1n) is 10.5. The highest BCUT2D eigenvalue weighted by atomic mass is 19.1. The van der Waals surface area contributed by atoms with Crippen LogP contribution in [-0.2, 0) is 0 Å². The molecule has 0 unspecified atom stereocenters. The molecular weight excluding hydrogens is 391 g/mol. The zero-order chi connectivity index (χ0) is 22.0. The van der Waals surface area contributed by atoms with Gasteiger partial charge in [0.2, 0.25) is 0 Å². The van der Waals surface area contributed by atoms with E-state index in [0.29, 0.717) is 35.6 Å². The van der Waals surface area contributed by atoms with Crippen LogP contribution in [0.1, 0.15) is 31.2 Å². The molecule has 3 aliphatic rings. The third-order valence-electron chi connectivity index (χ3n) is 6.69. The normalized spacial score (nSPS) is 21.7. The number of halogens is 1. The lowest BCUT2D eigenvalue weighted by molar-refractivity contribution is 0.0139. The molecule has 4 rings (SSSR count). The van der Waals surface area contributed by atoms with E-state index in [2.05, 4.69) is 18.0 Å². The van der Waals surface area contributed by atoms with E-state index >= 15 is 0 Å². The van der Waals surface area contributed by atoms with Gasteiger partial charge in [0.15, 0.2) is 0 Å². The van der Waals surface area contributed by atoms with E-state index in [-0.39, 0.29) is 23.2 Å². The Labute approximate surface area is 181 Å². The summed E-state index contributed by atoms with van der Waals surface area (Å²) in [5.74, 6) is -0.0524. The number of carbonyl (C=O) groups is 1. The summed E-state index contributed by atoms with van der Waals surface area (Å²) in [5.41, 5.74) is 3.36. The number of carbonyl (C=O) groups excluding carboxylic acids is 1. The van der Waals surface area contributed by atoms with Crippen molar-refractivity contribution in [2.24, 2.45) is 11.3 Å². The van der Waals surface area contributed by atoms with Crippen LogP contribution in [0, 0.1) is 28.1 Å². The van der Waals surface area contributed by atoms with Gasteiger partial charge < -0.3 is 15.6 Å². The summed E-state index contributed by atoms with van der Waals surface area (Å²) in [6, 6.07) is 8.78. The number of likely N-dealkylation sites (tertiary alicyclic amines) is 1. The Morgan fingerprint density at radius 1 is 1.26 bits per heavy atom. The monoisotopic (exact) mass is 416 g/mol. The number of rotatable bonds is 3. The molecule has 0 aromatic heterocycles. The van der Waals surface area contributed by atoms with Gasteiger partial charge in [0.25, 0.3) is 0 Å². The van der Waals surface area contributed by atoms with Crippen LogP contribution in [-0.4, -0.2) is 29.7 Å². The zero-order valence-electron chi connectivity index (χ0n) is 17.3. The number of allylic oxidation sites excluding steroid dienone is 7. The molecule has 2 amide bonds. The smallest absolute Gasteiger partial charge is 0.321 e. The predicted octanol–water partition coefficient (Wildman–Crippen LogP) is 5.51. The minimum Gasteiger partial charge on any atom is -0.324 e. The first kappa shape index (κ1) is 20.8. The van der Waals surface area contributed by atoms with Crippen molar-refractivity contribution in [1.82, 2.24) is 4.90 Å². The molecule has 158 valence electrons. The fraction of sp³-hybridized carbons (Fsp3) is 0.320. The van der Waals surface area contributed by atoms with Crippen molar-refractivity contribution in [3.63, 3.8) is 0 Å². The topological polar surface area (TPSA) is 80.0 Å². The molecule has 1 heterocycles. The molecule has 1 spiro atoms. The highest BCUT2D eigenvalue weighted by Crippen LogP contribution is 2.55. The lowest BCUT2D eigenvalue weighted by atomic mass is 9.55. The quantitative estimate of drug-likeness (QED) is 0.681. The molecule has 2 N–H and O–H groups in total. The Bertz CT molecular complexity index is 1040.